The molecular formula is C27H29BrN4O2. The summed E-state index contributed by atoms with van der Waals surface area (Å²) in [6.07, 6.45) is 2.23. The van der Waals surface area contributed by atoms with E-state index in [9.17, 15) is 4.79 Å². The highest BCUT2D eigenvalue weighted by molar-refractivity contribution is 9.10. The number of nitrogens with one attached hydrogen (secondary N) is 1. The summed E-state index contributed by atoms with van der Waals surface area (Å²) in [4.78, 5) is 24.4. The highest BCUT2D eigenvalue weighted by Gasteiger charge is 2.41. The molecule has 3 aromatic rings. The number of aryl methyl sites for hydroxylation is 1. The molecule has 34 heavy (non-hydrogen) atoms. The predicted molar refractivity (Wildman–Crippen MR) is 136 cm³/mol. The summed E-state index contributed by atoms with van der Waals surface area (Å²) in [6, 6.07) is 20.2. The van der Waals surface area contributed by atoms with Crippen LogP contribution in [-0.4, -0.2) is 53.1 Å². The normalized spacial score (nSPS) is 23.5. The number of aromatic nitrogens is 2. The number of carbonyl (C=O) groups excluding carboxylic acids is 1. The lowest BCUT2D eigenvalue weighted by Gasteiger charge is -2.49. The molecule has 4 heterocycles. The molecule has 0 aliphatic carbocycles. The molecule has 0 spiro atoms. The van der Waals surface area contributed by atoms with Crippen molar-refractivity contribution in [2.24, 2.45) is 5.92 Å². The maximum Gasteiger partial charge on any atom is 0.257 e. The zero-order valence-electron chi connectivity index (χ0n) is 19.3. The molecule has 1 aromatic heterocycles. The summed E-state index contributed by atoms with van der Waals surface area (Å²) in [5, 5.41) is 3.07. The molecule has 3 aliphatic heterocycles. The summed E-state index contributed by atoms with van der Waals surface area (Å²) < 4.78 is 6.61. The molecule has 4 unspecified atom stereocenters. The van der Waals surface area contributed by atoms with E-state index < -0.39 is 0 Å². The Morgan fingerprint density at radius 1 is 1.15 bits per heavy atom. The third-order valence-electron chi connectivity index (χ3n) is 6.91. The van der Waals surface area contributed by atoms with Gasteiger partial charge >= 0.3 is 0 Å². The number of nitrogens with zero attached hydrogens (tertiary/aromatic N) is 3. The number of hydrogen-bond donors (Lipinski definition) is 1. The minimum Gasteiger partial charge on any atom is -0.484 e. The molecule has 7 heteroatoms. The number of hydrogen-bond acceptors (Lipinski definition) is 5. The SMILES string of the molecule is Cc1nc(-c2ccccc2Br)cc(C2CN3CCC2CC3CNC(=O)COc2ccccc2)n1. The standard InChI is InChI=1S/C27H29BrN4O2/c1-18-30-25(22-9-5-6-10-24(22)28)14-26(31-18)23-16-32-12-11-19(23)13-20(32)15-29-27(33)17-34-21-7-3-2-4-8-21/h2-10,14,19-20,23H,11-13,15-17H2,1H3,(H,29,33). The average molecular weight is 521 g/mol. The molecule has 0 saturated carbocycles. The van der Waals surface area contributed by atoms with Crippen LogP contribution in [0, 0.1) is 12.8 Å². The van der Waals surface area contributed by atoms with Gasteiger partial charge in [0.05, 0.1) is 5.69 Å². The maximum absolute atomic E-state index is 12.3. The van der Waals surface area contributed by atoms with E-state index in [1.807, 2.05) is 55.5 Å². The minimum atomic E-state index is -0.0763. The Hall–Kier alpha value is -2.77. The third-order valence-corrected chi connectivity index (χ3v) is 7.61. The van der Waals surface area contributed by atoms with Gasteiger partial charge < -0.3 is 10.1 Å². The van der Waals surface area contributed by atoms with E-state index in [4.69, 9.17) is 14.7 Å². The van der Waals surface area contributed by atoms with E-state index in [2.05, 4.69) is 38.3 Å². The molecule has 1 amide bonds. The van der Waals surface area contributed by atoms with Crippen molar-refractivity contribution in [1.29, 1.82) is 0 Å². The van der Waals surface area contributed by atoms with Crippen molar-refractivity contribution in [1.82, 2.24) is 20.2 Å². The Labute approximate surface area is 208 Å². The molecule has 3 fully saturated rings. The molecule has 3 saturated heterocycles. The van der Waals surface area contributed by atoms with Crippen LogP contribution in [0.25, 0.3) is 11.3 Å². The van der Waals surface area contributed by atoms with E-state index in [1.165, 1.54) is 6.42 Å². The van der Waals surface area contributed by atoms with Crippen LogP contribution in [0.4, 0.5) is 0 Å². The molecule has 2 aromatic carbocycles. The summed E-state index contributed by atoms with van der Waals surface area (Å²) in [5.74, 6) is 2.40. The van der Waals surface area contributed by atoms with Crippen LogP contribution in [0.15, 0.2) is 65.1 Å². The molecule has 4 atom stereocenters. The van der Waals surface area contributed by atoms with Crippen LogP contribution in [0.2, 0.25) is 0 Å². The minimum absolute atomic E-state index is 0.0425. The van der Waals surface area contributed by atoms with Crippen molar-refractivity contribution in [2.75, 3.05) is 26.2 Å². The Bertz CT molecular complexity index is 1160. The summed E-state index contributed by atoms with van der Waals surface area (Å²) in [6.45, 7) is 4.72. The molecule has 176 valence electrons. The fourth-order valence-electron chi connectivity index (χ4n) is 5.22. The van der Waals surface area contributed by atoms with Crippen molar-refractivity contribution in [3.8, 4) is 17.0 Å². The molecule has 6 rings (SSSR count). The van der Waals surface area contributed by atoms with Gasteiger partial charge in [0.25, 0.3) is 5.91 Å². The van der Waals surface area contributed by atoms with Gasteiger partial charge in [-0.05, 0) is 56.5 Å². The van der Waals surface area contributed by atoms with Gasteiger partial charge in [0, 0.05) is 40.8 Å². The first-order valence-electron chi connectivity index (χ1n) is 11.9. The second-order valence-corrected chi connectivity index (χ2v) is 10.0. The molecular weight excluding hydrogens is 492 g/mol. The zero-order chi connectivity index (χ0) is 23.5. The fourth-order valence-corrected chi connectivity index (χ4v) is 5.71. The van der Waals surface area contributed by atoms with Crippen molar-refractivity contribution < 1.29 is 9.53 Å². The summed E-state index contributed by atoms with van der Waals surface area (Å²) >= 11 is 3.66. The van der Waals surface area contributed by atoms with E-state index >= 15 is 0 Å². The first-order valence-corrected chi connectivity index (χ1v) is 12.6. The van der Waals surface area contributed by atoms with Crippen LogP contribution in [-0.2, 0) is 4.79 Å². The fraction of sp³-hybridized carbons (Fsp3) is 0.370. The van der Waals surface area contributed by atoms with Gasteiger partial charge in [-0.3, -0.25) is 9.69 Å². The Balaban J connectivity index is 1.21. The number of amides is 1. The molecule has 6 nitrogen and oxygen atoms in total. The number of ether oxygens (including phenoxy) is 1. The van der Waals surface area contributed by atoms with E-state index in [1.54, 1.807) is 0 Å². The number of fused-ring (bicyclic) bond motifs is 3. The highest BCUT2D eigenvalue weighted by Crippen LogP contribution is 2.42. The van der Waals surface area contributed by atoms with Crippen molar-refractivity contribution >= 4 is 21.8 Å². The molecule has 2 bridgehead atoms. The topological polar surface area (TPSA) is 67.4 Å². The van der Waals surface area contributed by atoms with E-state index in [0.29, 0.717) is 30.2 Å². The Kier molecular flexibility index (Phi) is 6.92. The molecule has 0 radical (unpaired) electrons. The number of benzene rings is 2. The number of rotatable bonds is 7. The smallest absolute Gasteiger partial charge is 0.257 e. The largest absolute Gasteiger partial charge is 0.484 e. The van der Waals surface area contributed by atoms with Gasteiger partial charge in [-0.1, -0.05) is 52.3 Å². The number of halogens is 1. The van der Waals surface area contributed by atoms with Crippen LogP contribution < -0.4 is 10.1 Å². The van der Waals surface area contributed by atoms with E-state index in [-0.39, 0.29) is 12.5 Å². The first kappa shape index (κ1) is 23.0. The molecule has 1 N–H and O–H groups in total. The van der Waals surface area contributed by atoms with Crippen molar-refractivity contribution in [3.05, 3.63) is 76.7 Å². The monoisotopic (exact) mass is 520 g/mol. The lowest BCUT2D eigenvalue weighted by molar-refractivity contribution is -0.123. The van der Waals surface area contributed by atoms with Gasteiger partial charge in [0.1, 0.15) is 11.6 Å². The lowest BCUT2D eigenvalue weighted by Crippen LogP contribution is -2.56. The van der Waals surface area contributed by atoms with Crippen LogP contribution in [0.5, 0.6) is 5.75 Å². The van der Waals surface area contributed by atoms with Gasteiger partial charge in [-0.2, -0.15) is 0 Å². The van der Waals surface area contributed by atoms with E-state index in [0.717, 1.165) is 46.8 Å². The Morgan fingerprint density at radius 2 is 1.94 bits per heavy atom. The number of carbonyl (C=O) groups is 1. The Morgan fingerprint density at radius 3 is 2.71 bits per heavy atom. The van der Waals surface area contributed by atoms with Gasteiger partial charge in [-0.15, -0.1) is 0 Å². The first-order chi connectivity index (χ1) is 16.6. The van der Waals surface area contributed by atoms with Crippen LogP contribution >= 0.6 is 15.9 Å². The zero-order valence-corrected chi connectivity index (χ0v) is 20.9. The second-order valence-electron chi connectivity index (χ2n) is 9.15. The second kappa shape index (κ2) is 10.2. The van der Waals surface area contributed by atoms with Crippen LogP contribution in [0.3, 0.4) is 0 Å². The predicted octanol–water partition coefficient (Wildman–Crippen LogP) is 4.59. The van der Waals surface area contributed by atoms with Gasteiger partial charge in [0.15, 0.2) is 6.61 Å². The summed E-state index contributed by atoms with van der Waals surface area (Å²) in [5.41, 5.74) is 3.19. The van der Waals surface area contributed by atoms with Crippen LogP contribution in [0.1, 0.15) is 30.3 Å². The lowest BCUT2D eigenvalue weighted by atomic mass is 9.74. The average Bonchev–Trinajstić information content (AvgIpc) is 2.87. The number of para-hydroxylation sites is 1. The number of piperidine rings is 3. The maximum atomic E-state index is 12.3. The quantitative estimate of drug-likeness (QED) is 0.493. The van der Waals surface area contributed by atoms with Gasteiger partial charge in [-0.25, -0.2) is 9.97 Å². The third kappa shape index (κ3) is 5.15. The van der Waals surface area contributed by atoms with Gasteiger partial charge in [0.2, 0.25) is 0 Å². The van der Waals surface area contributed by atoms with Crippen molar-refractivity contribution in [2.45, 2.75) is 31.7 Å². The summed E-state index contributed by atoms with van der Waals surface area (Å²) in [7, 11) is 0. The molecule has 3 aliphatic rings. The van der Waals surface area contributed by atoms with Crippen molar-refractivity contribution in [3.63, 3.8) is 0 Å². The highest BCUT2D eigenvalue weighted by atomic mass is 79.9.